The highest BCUT2D eigenvalue weighted by Crippen LogP contribution is 2.27. The van der Waals surface area contributed by atoms with Gasteiger partial charge < -0.3 is 4.90 Å². The molecular formula is C18H19N3. The summed E-state index contributed by atoms with van der Waals surface area (Å²) in [6.07, 6.45) is 3.25. The second-order valence-electron chi connectivity index (χ2n) is 5.43. The highest BCUT2D eigenvalue weighted by molar-refractivity contribution is 5.57. The van der Waals surface area contributed by atoms with Crippen molar-refractivity contribution in [3.8, 4) is 6.07 Å². The second-order valence-corrected chi connectivity index (χ2v) is 5.43. The smallest absolute Gasteiger partial charge is 0.147 e. The van der Waals surface area contributed by atoms with Gasteiger partial charge in [0.25, 0.3) is 0 Å². The molecular weight excluding hydrogens is 258 g/mol. The van der Waals surface area contributed by atoms with Crippen LogP contribution in [0.25, 0.3) is 0 Å². The van der Waals surface area contributed by atoms with Gasteiger partial charge in [-0.3, -0.25) is 0 Å². The number of hydrogen-bond donors (Lipinski definition) is 0. The molecule has 0 aliphatic heterocycles. The molecule has 0 spiro atoms. The van der Waals surface area contributed by atoms with Gasteiger partial charge in [0.15, 0.2) is 0 Å². The van der Waals surface area contributed by atoms with Crippen LogP contribution in [0.4, 0.5) is 5.82 Å². The maximum atomic E-state index is 9.44. The summed E-state index contributed by atoms with van der Waals surface area (Å²) in [4.78, 5) is 6.98. The van der Waals surface area contributed by atoms with Gasteiger partial charge in [-0.1, -0.05) is 30.3 Å². The van der Waals surface area contributed by atoms with Gasteiger partial charge in [0.1, 0.15) is 11.9 Å². The molecule has 0 atom stereocenters. The van der Waals surface area contributed by atoms with Crippen LogP contribution in [0.2, 0.25) is 0 Å². The Balaban J connectivity index is 1.95. The molecule has 0 amide bonds. The third-order valence-corrected chi connectivity index (χ3v) is 4.05. The average Bonchev–Trinajstić information content (AvgIpc) is 2.99. The molecule has 3 heteroatoms. The van der Waals surface area contributed by atoms with Crippen LogP contribution in [0.1, 0.15) is 35.7 Å². The number of nitriles is 1. The van der Waals surface area contributed by atoms with Gasteiger partial charge in [-0.2, -0.15) is 5.26 Å². The topological polar surface area (TPSA) is 39.9 Å². The Morgan fingerprint density at radius 1 is 1.24 bits per heavy atom. The van der Waals surface area contributed by atoms with Crippen molar-refractivity contribution in [1.82, 2.24) is 4.98 Å². The second kappa shape index (κ2) is 5.97. The zero-order valence-electron chi connectivity index (χ0n) is 12.3. The van der Waals surface area contributed by atoms with Gasteiger partial charge >= 0.3 is 0 Å². The Hall–Kier alpha value is -2.34. The Morgan fingerprint density at radius 2 is 2.05 bits per heavy atom. The largest absolute Gasteiger partial charge is 0.351 e. The molecule has 3 rings (SSSR count). The molecule has 2 aromatic rings. The maximum absolute atomic E-state index is 9.44. The number of aryl methyl sites for hydroxylation is 2. The summed E-state index contributed by atoms with van der Waals surface area (Å²) in [5, 5.41) is 9.44. The van der Waals surface area contributed by atoms with Crippen LogP contribution < -0.4 is 4.90 Å². The van der Waals surface area contributed by atoms with E-state index in [4.69, 9.17) is 4.98 Å². The van der Waals surface area contributed by atoms with Crippen molar-refractivity contribution >= 4 is 5.82 Å². The van der Waals surface area contributed by atoms with Crippen molar-refractivity contribution in [3.05, 3.63) is 58.8 Å². The summed E-state index contributed by atoms with van der Waals surface area (Å²) in [5.74, 6) is 0.838. The fraction of sp³-hybridized carbons (Fsp3) is 0.333. The van der Waals surface area contributed by atoms with Crippen LogP contribution >= 0.6 is 0 Å². The molecule has 0 radical (unpaired) electrons. The maximum Gasteiger partial charge on any atom is 0.147 e. The van der Waals surface area contributed by atoms with Crippen LogP contribution in [-0.4, -0.2) is 11.5 Å². The summed E-state index contributed by atoms with van der Waals surface area (Å²) in [6, 6.07) is 14.7. The van der Waals surface area contributed by atoms with E-state index in [9.17, 15) is 5.26 Å². The lowest BCUT2D eigenvalue weighted by Crippen LogP contribution is -2.24. The number of fused-ring (bicyclic) bond motifs is 1. The van der Waals surface area contributed by atoms with Gasteiger partial charge in [-0.25, -0.2) is 4.98 Å². The number of benzene rings is 1. The normalized spacial score (nSPS) is 12.8. The molecule has 0 N–H and O–H groups in total. The highest BCUT2D eigenvalue weighted by atomic mass is 15.2. The quantitative estimate of drug-likeness (QED) is 0.859. The van der Waals surface area contributed by atoms with Crippen LogP contribution in [0.3, 0.4) is 0 Å². The minimum absolute atomic E-state index is 0.702. The van der Waals surface area contributed by atoms with Gasteiger partial charge in [-0.05, 0) is 43.4 Å². The number of rotatable bonds is 4. The Bertz CT molecular complexity index is 671. The lowest BCUT2D eigenvalue weighted by atomic mass is 10.1. The average molecular weight is 277 g/mol. The van der Waals surface area contributed by atoms with E-state index in [2.05, 4.69) is 30.0 Å². The van der Waals surface area contributed by atoms with Crippen molar-refractivity contribution < 1.29 is 0 Å². The van der Waals surface area contributed by atoms with Gasteiger partial charge in [0.2, 0.25) is 0 Å². The standard InChI is InChI=1S/C18H19N3/c1-2-21(13-14-7-4-3-5-8-14)18-16(12-19)11-15-9-6-10-17(15)20-18/h3-5,7-8,11H,2,6,9-10,13H2,1H3. The van der Waals surface area contributed by atoms with E-state index >= 15 is 0 Å². The summed E-state index contributed by atoms with van der Waals surface area (Å²) in [5.41, 5.74) is 4.38. The summed E-state index contributed by atoms with van der Waals surface area (Å²) in [6.45, 7) is 3.74. The Kier molecular flexibility index (Phi) is 3.87. The van der Waals surface area contributed by atoms with E-state index in [0.717, 1.165) is 38.2 Å². The molecule has 1 heterocycles. The van der Waals surface area contributed by atoms with Crippen LogP contribution in [0.5, 0.6) is 0 Å². The van der Waals surface area contributed by atoms with Crippen LogP contribution in [0, 0.1) is 11.3 Å². The van der Waals surface area contributed by atoms with E-state index in [0.29, 0.717) is 5.56 Å². The number of anilines is 1. The molecule has 0 saturated carbocycles. The van der Waals surface area contributed by atoms with Crippen molar-refractivity contribution in [1.29, 1.82) is 5.26 Å². The number of aromatic nitrogens is 1. The molecule has 3 nitrogen and oxygen atoms in total. The zero-order valence-corrected chi connectivity index (χ0v) is 12.3. The highest BCUT2D eigenvalue weighted by Gasteiger charge is 2.19. The minimum Gasteiger partial charge on any atom is -0.351 e. The minimum atomic E-state index is 0.702. The lowest BCUT2D eigenvalue weighted by Gasteiger charge is -2.24. The SMILES string of the molecule is CCN(Cc1ccccc1)c1nc2c(cc1C#N)CCC2. The number of nitrogens with zero attached hydrogens (tertiary/aromatic N) is 3. The van der Waals surface area contributed by atoms with Crippen LogP contribution in [0.15, 0.2) is 36.4 Å². The van der Waals surface area contributed by atoms with Gasteiger partial charge in [0, 0.05) is 18.8 Å². The van der Waals surface area contributed by atoms with E-state index in [1.165, 1.54) is 16.8 Å². The molecule has 0 unspecified atom stereocenters. The molecule has 1 aromatic heterocycles. The summed E-state index contributed by atoms with van der Waals surface area (Å²) in [7, 11) is 0. The van der Waals surface area contributed by atoms with Crippen LogP contribution in [-0.2, 0) is 19.4 Å². The molecule has 0 bridgehead atoms. The van der Waals surface area contributed by atoms with E-state index in [1.54, 1.807) is 0 Å². The first-order valence-corrected chi connectivity index (χ1v) is 7.53. The molecule has 0 fully saturated rings. The summed E-state index contributed by atoms with van der Waals surface area (Å²) >= 11 is 0. The van der Waals surface area contributed by atoms with E-state index in [1.807, 2.05) is 24.3 Å². The molecule has 1 aliphatic rings. The Labute approximate surface area is 125 Å². The lowest BCUT2D eigenvalue weighted by molar-refractivity contribution is 0.804. The van der Waals surface area contributed by atoms with E-state index in [-0.39, 0.29) is 0 Å². The number of pyridine rings is 1. The van der Waals surface area contributed by atoms with Crippen molar-refractivity contribution in [2.45, 2.75) is 32.7 Å². The zero-order chi connectivity index (χ0) is 14.7. The fourth-order valence-electron chi connectivity index (χ4n) is 2.92. The van der Waals surface area contributed by atoms with Gasteiger partial charge in [0.05, 0.1) is 5.56 Å². The van der Waals surface area contributed by atoms with Crippen molar-refractivity contribution in [3.63, 3.8) is 0 Å². The predicted molar refractivity (Wildman–Crippen MR) is 84.1 cm³/mol. The third-order valence-electron chi connectivity index (χ3n) is 4.05. The van der Waals surface area contributed by atoms with E-state index < -0.39 is 0 Å². The third kappa shape index (κ3) is 2.75. The monoisotopic (exact) mass is 277 g/mol. The van der Waals surface area contributed by atoms with Crippen molar-refractivity contribution in [2.75, 3.05) is 11.4 Å². The molecule has 0 saturated heterocycles. The molecule has 106 valence electrons. The molecule has 1 aromatic carbocycles. The first kappa shape index (κ1) is 13.6. The first-order chi connectivity index (χ1) is 10.3. The predicted octanol–water partition coefficient (Wildman–Crippen LogP) is 3.47. The van der Waals surface area contributed by atoms with Crippen molar-refractivity contribution in [2.24, 2.45) is 0 Å². The van der Waals surface area contributed by atoms with Gasteiger partial charge in [-0.15, -0.1) is 0 Å². The summed E-state index contributed by atoms with van der Waals surface area (Å²) < 4.78 is 0. The Morgan fingerprint density at radius 3 is 2.76 bits per heavy atom. The molecule has 1 aliphatic carbocycles. The first-order valence-electron chi connectivity index (χ1n) is 7.53. The number of hydrogen-bond acceptors (Lipinski definition) is 3. The fourth-order valence-corrected chi connectivity index (χ4v) is 2.92. The molecule has 21 heavy (non-hydrogen) atoms.